The van der Waals surface area contributed by atoms with Crippen molar-refractivity contribution in [3.63, 3.8) is 0 Å². The molecular formula is C35H21N3. The molecule has 3 aromatic heterocycles. The van der Waals surface area contributed by atoms with Crippen LogP contribution in [0.15, 0.2) is 128 Å². The highest BCUT2D eigenvalue weighted by Gasteiger charge is 2.19. The second-order valence-electron chi connectivity index (χ2n) is 9.63. The van der Waals surface area contributed by atoms with Crippen molar-refractivity contribution in [3.8, 4) is 22.4 Å². The highest BCUT2D eigenvalue weighted by molar-refractivity contribution is 6.22. The van der Waals surface area contributed by atoms with Gasteiger partial charge in [0.15, 0.2) is 0 Å². The van der Waals surface area contributed by atoms with E-state index in [-0.39, 0.29) is 0 Å². The van der Waals surface area contributed by atoms with Crippen molar-refractivity contribution in [1.29, 1.82) is 0 Å². The van der Waals surface area contributed by atoms with E-state index in [4.69, 9.17) is 9.97 Å². The van der Waals surface area contributed by atoms with E-state index >= 15 is 0 Å². The fourth-order valence-corrected chi connectivity index (χ4v) is 5.85. The van der Waals surface area contributed by atoms with Gasteiger partial charge in [0.25, 0.3) is 0 Å². The van der Waals surface area contributed by atoms with Crippen LogP contribution in [0.3, 0.4) is 0 Å². The first-order chi connectivity index (χ1) is 18.9. The molecule has 0 amide bonds. The van der Waals surface area contributed by atoms with Crippen molar-refractivity contribution in [2.24, 2.45) is 0 Å². The molecule has 0 saturated carbocycles. The Hall–Kier alpha value is -5.15. The van der Waals surface area contributed by atoms with Crippen LogP contribution in [-0.4, -0.2) is 15.0 Å². The molecule has 0 spiro atoms. The fourth-order valence-electron chi connectivity index (χ4n) is 5.85. The normalized spacial score (nSPS) is 11.7. The van der Waals surface area contributed by atoms with E-state index in [1.165, 1.54) is 21.7 Å². The summed E-state index contributed by atoms with van der Waals surface area (Å²) in [5.41, 5.74) is 7.19. The Labute approximate surface area is 219 Å². The average molecular weight is 484 g/mol. The van der Waals surface area contributed by atoms with E-state index < -0.39 is 0 Å². The number of aromatic nitrogens is 3. The van der Waals surface area contributed by atoms with Gasteiger partial charge in [-0.05, 0) is 45.3 Å². The minimum Gasteiger partial charge on any atom is -0.256 e. The smallest absolute Gasteiger partial charge is 0.0972 e. The maximum Gasteiger partial charge on any atom is 0.0972 e. The van der Waals surface area contributed by atoms with Gasteiger partial charge in [0, 0.05) is 39.7 Å². The number of pyridine rings is 3. The van der Waals surface area contributed by atoms with Gasteiger partial charge in [0.1, 0.15) is 0 Å². The molecule has 38 heavy (non-hydrogen) atoms. The standard InChI is InChI=1S/C35H21N3/c1-2-11-25-22(8-1)9-5-14-26(25)32-28-13-4-3-12-27(28)31(29-15-7-21-37-35(29)32)30-19-18-24-17-16-23-10-6-20-36-33(23)34(24)38-30/h1-21H. The minimum absolute atomic E-state index is 0.917. The van der Waals surface area contributed by atoms with Crippen LogP contribution in [-0.2, 0) is 0 Å². The summed E-state index contributed by atoms with van der Waals surface area (Å²) in [5, 5.41) is 8.04. The second kappa shape index (κ2) is 8.19. The quantitative estimate of drug-likeness (QED) is 0.182. The van der Waals surface area contributed by atoms with Gasteiger partial charge >= 0.3 is 0 Å². The fraction of sp³-hybridized carbons (Fsp3) is 0. The van der Waals surface area contributed by atoms with Crippen LogP contribution in [0.2, 0.25) is 0 Å². The molecule has 0 fully saturated rings. The van der Waals surface area contributed by atoms with Gasteiger partial charge in [-0.3, -0.25) is 9.97 Å². The lowest BCUT2D eigenvalue weighted by atomic mass is 9.87. The average Bonchev–Trinajstić information content (AvgIpc) is 2.99. The molecule has 0 bridgehead atoms. The molecule has 8 aromatic rings. The molecule has 0 N–H and O–H groups in total. The van der Waals surface area contributed by atoms with Crippen molar-refractivity contribution >= 4 is 54.3 Å². The van der Waals surface area contributed by atoms with Crippen LogP contribution in [0.1, 0.15) is 0 Å². The van der Waals surface area contributed by atoms with Gasteiger partial charge in [-0.2, -0.15) is 0 Å². The van der Waals surface area contributed by atoms with E-state index in [0.29, 0.717) is 0 Å². The number of benzene rings is 5. The summed E-state index contributed by atoms with van der Waals surface area (Å²) in [4.78, 5) is 14.9. The van der Waals surface area contributed by atoms with Gasteiger partial charge in [0.05, 0.1) is 22.2 Å². The molecule has 0 radical (unpaired) electrons. The molecule has 0 atom stereocenters. The topological polar surface area (TPSA) is 38.7 Å². The number of nitrogens with zero attached hydrogens (tertiary/aromatic N) is 3. The molecule has 0 aliphatic heterocycles. The summed E-state index contributed by atoms with van der Waals surface area (Å²) in [6.07, 6.45) is 3.73. The summed E-state index contributed by atoms with van der Waals surface area (Å²) in [5.74, 6) is 0. The van der Waals surface area contributed by atoms with Crippen LogP contribution in [0.5, 0.6) is 0 Å². The zero-order chi connectivity index (χ0) is 25.1. The van der Waals surface area contributed by atoms with Crippen molar-refractivity contribution < 1.29 is 0 Å². The van der Waals surface area contributed by atoms with Crippen molar-refractivity contribution in [2.45, 2.75) is 0 Å². The SMILES string of the molecule is c1ccc2c(-c3c4ccccc4c(-c4ccc5ccc6cccnc6c5n4)c4cccnc34)cccc2c1. The maximum absolute atomic E-state index is 5.24. The maximum atomic E-state index is 5.24. The van der Waals surface area contributed by atoms with E-state index in [0.717, 1.165) is 54.9 Å². The predicted molar refractivity (Wildman–Crippen MR) is 158 cm³/mol. The van der Waals surface area contributed by atoms with Gasteiger partial charge in [0.2, 0.25) is 0 Å². The Morgan fingerprint density at radius 3 is 1.84 bits per heavy atom. The molecule has 176 valence electrons. The molecule has 3 nitrogen and oxygen atoms in total. The highest BCUT2D eigenvalue weighted by Crippen LogP contribution is 2.44. The third-order valence-electron chi connectivity index (χ3n) is 7.53. The van der Waals surface area contributed by atoms with Gasteiger partial charge in [-0.15, -0.1) is 0 Å². The van der Waals surface area contributed by atoms with Crippen LogP contribution >= 0.6 is 0 Å². The van der Waals surface area contributed by atoms with Gasteiger partial charge in [-0.1, -0.05) is 97.1 Å². The van der Waals surface area contributed by atoms with Crippen LogP contribution < -0.4 is 0 Å². The molecule has 8 rings (SSSR count). The Balaban J connectivity index is 1.52. The van der Waals surface area contributed by atoms with E-state index in [2.05, 4.69) is 108 Å². The third kappa shape index (κ3) is 3.06. The van der Waals surface area contributed by atoms with Crippen molar-refractivity contribution in [1.82, 2.24) is 15.0 Å². The first-order valence-electron chi connectivity index (χ1n) is 12.8. The summed E-state index contributed by atoms with van der Waals surface area (Å²) < 4.78 is 0. The largest absolute Gasteiger partial charge is 0.256 e. The third-order valence-corrected chi connectivity index (χ3v) is 7.53. The van der Waals surface area contributed by atoms with Crippen LogP contribution in [0.25, 0.3) is 76.6 Å². The Bertz CT molecular complexity index is 2130. The minimum atomic E-state index is 0.917. The van der Waals surface area contributed by atoms with E-state index in [1.807, 2.05) is 24.5 Å². The summed E-state index contributed by atoms with van der Waals surface area (Å²) in [6, 6.07) is 40.5. The van der Waals surface area contributed by atoms with Gasteiger partial charge < -0.3 is 0 Å². The number of hydrogen-bond acceptors (Lipinski definition) is 3. The first-order valence-corrected chi connectivity index (χ1v) is 12.8. The zero-order valence-corrected chi connectivity index (χ0v) is 20.5. The number of hydrogen-bond donors (Lipinski definition) is 0. The molecule has 3 heterocycles. The molecule has 0 aliphatic carbocycles. The lowest BCUT2D eigenvalue weighted by Gasteiger charge is -2.18. The Kier molecular flexibility index (Phi) is 4.52. The van der Waals surface area contributed by atoms with Crippen LogP contribution in [0.4, 0.5) is 0 Å². The van der Waals surface area contributed by atoms with Crippen LogP contribution in [0, 0.1) is 0 Å². The van der Waals surface area contributed by atoms with Gasteiger partial charge in [-0.25, -0.2) is 4.98 Å². The molecule has 0 unspecified atom stereocenters. The lowest BCUT2D eigenvalue weighted by Crippen LogP contribution is -1.95. The van der Waals surface area contributed by atoms with Crippen molar-refractivity contribution in [3.05, 3.63) is 128 Å². The molecule has 5 aromatic carbocycles. The Morgan fingerprint density at radius 1 is 0.368 bits per heavy atom. The van der Waals surface area contributed by atoms with Crippen molar-refractivity contribution in [2.75, 3.05) is 0 Å². The molecule has 0 saturated heterocycles. The molecular weight excluding hydrogens is 462 g/mol. The molecule has 0 aliphatic rings. The molecule has 3 heteroatoms. The Morgan fingerprint density at radius 2 is 0.974 bits per heavy atom. The first kappa shape index (κ1) is 21.0. The summed E-state index contributed by atoms with van der Waals surface area (Å²) >= 11 is 0. The van der Waals surface area contributed by atoms with E-state index in [1.54, 1.807) is 0 Å². The number of fused-ring (bicyclic) bond motifs is 6. The monoisotopic (exact) mass is 483 g/mol. The number of rotatable bonds is 2. The second-order valence-corrected chi connectivity index (χ2v) is 9.63. The van der Waals surface area contributed by atoms with E-state index in [9.17, 15) is 0 Å². The summed E-state index contributed by atoms with van der Waals surface area (Å²) in [7, 11) is 0. The lowest BCUT2D eigenvalue weighted by molar-refractivity contribution is 1.37. The predicted octanol–water partition coefficient (Wildman–Crippen LogP) is 8.97. The summed E-state index contributed by atoms with van der Waals surface area (Å²) in [6.45, 7) is 0. The highest BCUT2D eigenvalue weighted by atomic mass is 14.8. The zero-order valence-electron chi connectivity index (χ0n) is 20.5.